The Kier molecular flexibility index (Phi) is 1.65. The fraction of sp³-hybridized carbons (Fsp3) is 0.667. The molecule has 2 heterocycles. The van der Waals surface area contributed by atoms with Crippen molar-refractivity contribution in [2.75, 3.05) is 11.9 Å². The van der Waals surface area contributed by atoms with Crippen molar-refractivity contribution >= 4 is 21.7 Å². The zero-order valence-corrected chi connectivity index (χ0v) is 8.97. The number of hydrogen-bond donors (Lipinski definition) is 1. The van der Waals surface area contributed by atoms with Crippen LogP contribution in [-0.2, 0) is 6.54 Å². The van der Waals surface area contributed by atoms with Gasteiger partial charge in [0.1, 0.15) is 5.82 Å². The molecule has 1 aromatic heterocycles. The van der Waals surface area contributed by atoms with E-state index in [0.717, 1.165) is 19.0 Å². The van der Waals surface area contributed by atoms with E-state index in [2.05, 4.69) is 31.0 Å². The van der Waals surface area contributed by atoms with Crippen LogP contribution in [0.3, 0.4) is 0 Å². The molecule has 70 valence electrons. The molecule has 0 saturated heterocycles. The van der Waals surface area contributed by atoms with Gasteiger partial charge in [-0.2, -0.15) is 5.10 Å². The number of aromatic nitrogens is 2. The lowest BCUT2D eigenvalue weighted by molar-refractivity contribution is 0.561. The summed E-state index contributed by atoms with van der Waals surface area (Å²) in [4.78, 5) is 0. The van der Waals surface area contributed by atoms with Crippen LogP contribution in [0.2, 0.25) is 0 Å². The lowest BCUT2D eigenvalue weighted by Gasteiger charge is -2.15. The van der Waals surface area contributed by atoms with Crippen LogP contribution in [0.25, 0.3) is 0 Å². The monoisotopic (exact) mass is 241 g/mol. The Bertz CT molecular complexity index is 341. The summed E-state index contributed by atoms with van der Waals surface area (Å²) in [6, 6.07) is 0. The molecule has 0 atom stereocenters. The maximum absolute atomic E-state index is 4.62. The number of halogens is 1. The predicted molar refractivity (Wildman–Crippen MR) is 55.0 cm³/mol. The van der Waals surface area contributed by atoms with Crippen LogP contribution in [0.1, 0.15) is 30.9 Å². The highest BCUT2D eigenvalue weighted by molar-refractivity contribution is 9.10. The van der Waals surface area contributed by atoms with Gasteiger partial charge in [-0.15, -0.1) is 0 Å². The quantitative estimate of drug-likeness (QED) is 0.819. The molecule has 1 aliphatic carbocycles. The molecule has 3 rings (SSSR count). The molecule has 0 bridgehead atoms. The fourth-order valence-electron chi connectivity index (χ4n) is 1.84. The molecule has 0 unspecified atom stereocenters. The normalized spacial score (nSPS) is 21.0. The summed E-state index contributed by atoms with van der Waals surface area (Å²) < 4.78 is 3.30. The Morgan fingerprint density at radius 3 is 3.00 bits per heavy atom. The van der Waals surface area contributed by atoms with Crippen molar-refractivity contribution in [3.8, 4) is 0 Å². The molecule has 0 spiro atoms. The molecule has 1 N–H and O–H groups in total. The van der Waals surface area contributed by atoms with E-state index >= 15 is 0 Å². The van der Waals surface area contributed by atoms with Crippen molar-refractivity contribution in [1.29, 1.82) is 0 Å². The van der Waals surface area contributed by atoms with Gasteiger partial charge < -0.3 is 5.32 Å². The highest BCUT2D eigenvalue weighted by Crippen LogP contribution is 2.45. The van der Waals surface area contributed by atoms with E-state index in [1.165, 1.54) is 35.2 Å². The molecule has 1 fully saturated rings. The smallest absolute Gasteiger partial charge is 0.138 e. The van der Waals surface area contributed by atoms with Gasteiger partial charge >= 0.3 is 0 Å². The number of fused-ring (bicyclic) bond motifs is 1. The summed E-state index contributed by atoms with van der Waals surface area (Å²) in [6.07, 6.45) is 3.81. The van der Waals surface area contributed by atoms with Crippen LogP contribution in [0.15, 0.2) is 4.47 Å². The highest BCUT2D eigenvalue weighted by Gasteiger charge is 2.31. The maximum atomic E-state index is 4.62. The largest absolute Gasteiger partial charge is 0.369 e. The van der Waals surface area contributed by atoms with Crippen LogP contribution >= 0.6 is 15.9 Å². The third kappa shape index (κ3) is 1.19. The molecular formula is C9H12BrN3. The predicted octanol–water partition coefficient (Wildman–Crippen LogP) is 2.34. The number of aryl methyl sites for hydroxylation is 1. The Morgan fingerprint density at radius 1 is 1.46 bits per heavy atom. The lowest BCUT2D eigenvalue weighted by Crippen LogP contribution is -2.17. The van der Waals surface area contributed by atoms with E-state index in [0.29, 0.717) is 0 Å². The minimum Gasteiger partial charge on any atom is -0.369 e. The van der Waals surface area contributed by atoms with Crippen LogP contribution in [0.4, 0.5) is 5.82 Å². The summed E-state index contributed by atoms with van der Waals surface area (Å²) in [7, 11) is 0. The van der Waals surface area contributed by atoms with E-state index in [1.807, 2.05) is 0 Å². The summed E-state index contributed by atoms with van der Waals surface area (Å²) in [5.74, 6) is 1.92. The van der Waals surface area contributed by atoms with Crippen LogP contribution < -0.4 is 5.32 Å². The van der Waals surface area contributed by atoms with Crippen molar-refractivity contribution in [3.63, 3.8) is 0 Å². The third-order valence-corrected chi connectivity index (χ3v) is 3.50. The number of hydrogen-bond acceptors (Lipinski definition) is 2. The van der Waals surface area contributed by atoms with Gasteiger partial charge in [0.15, 0.2) is 0 Å². The van der Waals surface area contributed by atoms with Crippen molar-refractivity contribution in [1.82, 2.24) is 9.78 Å². The molecule has 1 aliphatic heterocycles. The van der Waals surface area contributed by atoms with Crippen molar-refractivity contribution < 1.29 is 0 Å². The molecule has 0 aromatic carbocycles. The first-order chi connectivity index (χ1) is 6.36. The number of nitrogens with one attached hydrogen (secondary N) is 1. The summed E-state index contributed by atoms with van der Waals surface area (Å²) in [5, 5.41) is 8.01. The molecule has 4 heteroatoms. The lowest BCUT2D eigenvalue weighted by atomic mass is 10.3. The van der Waals surface area contributed by atoms with Gasteiger partial charge in [0, 0.05) is 19.0 Å². The fourth-order valence-corrected chi connectivity index (χ4v) is 2.59. The zero-order valence-electron chi connectivity index (χ0n) is 7.39. The number of nitrogens with zero attached hydrogens (tertiary/aromatic N) is 2. The van der Waals surface area contributed by atoms with Crippen molar-refractivity contribution in [2.45, 2.75) is 31.7 Å². The Morgan fingerprint density at radius 2 is 2.31 bits per heavy atom. The minimum absolute atomic E-state index is 0.731. The first-order valence-corrected chi connectivity index (χ1v) is 5.65. The van der Waals surface area contributed by atoms with Crippen LogP contribution in [-0.4, -0.2) is 16.3 Å². The highest BCUT2D eigenvalue weighted by atomic mass is 79.9. The third-order valence-electron chi connectivity index (χ3n) is 2.72. The van der Waals surface area contributed by atoms with Crippen molar-refractivity contribution in [2.24, 2.45) is 0 Å². The molecule has 0 radical (unpaired) electrons. The average Bonchev–Trinajstić information content (AvgIpc) is 2.94. The average molecular weight is 242 g/mol. The van der Waals surface area contributed by atoms with E-state index in [-0.39, 0.29) is 0 Å². The van der Waals surface area contributed by atoms with E-state index in [4.69, 9.17) is 0 Å². The molecule has 3 nitrogen and oxygen atoms in total. The molecule has 1 aromatic rings. The Hall–Kier alpha value is -0.510. The van der Waals surface area contributed by atoms with Crippen LogP contribution in [0.5, 0.6) is 0 Å². The number of rotatable bonds is 1. The second kappa shape index (κ2) is 2.74. The first-order valence-electron chi connectivity index (χ1n) is 4.86. The van der Waals surface area contributed by atoms with Gasteiger partial charge in [-0.05, 0) is 35.2 Å². The molecular weight excluding hydrogens is 230 g/mol. The second-order valence-corrected chi connectivity index (χ2v) is 4.62. The Labute approximate surface area is 85.6 Å². The first kappa shape index (κ1) is 7.85. The van der Waals surface area contributed by atoms with Gasteiger partial charge in [0.25, 0.3) is 0 Å². The minimum atomic E-state index is 0.731. The molecule has 0 amide bonds. The zero-order chi connectivity index (χ0) is 8.84. The standard InChI is InChI=1S/C9H12BrN3/c10-7-8(6-2-3-6)12-13-5-1-4-11-9(7)13/h6,11H,1-5H2. The molecule has 2 aliphatic rings. The van der Waals surface area contributed by atoms with Crippen LogP contribution in [0, 0.1) is 0 Å². The Balaban J connectivity index is 2.06. The van der Waals surface area contributed by atoms with Crippen molar-refractivity contribution in [3.05, 3.63) is 10.2 Å². The summed E-state index contributed by atoms with van der Waals surface area (Å²) in [6.45, 7) is 2.14. The molecule has 13 heavy (non-hydrogen) atoms. The maximum Gasteiger partial charge on any atom is 0.138 e. The molecule has 1 saturated carbocycles. The summed E-state index contributed by atoms with van der Waals surface area (Å²) >= 11 is 3.63. The van der Waals surface area contributed by atoms with Gasteiger partial charge in [0.2, 0.25) is 0 Å². The second-order valence-electron chi connectivity index (χ2n) is 3.83. The topological polar surface area (TPSA) is 29.9 Å². The van der Waals surface area contributed by atoms with Gasteiger partial charge in [0.05, 0.1) is 10.2 Å². The van der Waals surface area contributed by atoms with E-state index < -0.39 is 0 Å². The summed E-state index contributed by atoms with van der Waals surface area (Å²) in [5.41, 5.74) is 1.27. The van der Waals surface area contributed by atoms with E-state index in [1.54, 1.807) is 0 Å². The van der Waals surface area contributed by atoms with E-state index in [9.17, 15) is 0 Å². The number of anilines is 1. The van der Waals surface area contributed by atoms with Gasteiger partial charge in [-0.1, -0.05) is 0 Å². The van der Waals surface area contributed by atoms with Gasteiger partial charge in [-0.3, -0.25) is 0 Å². The SMILES string of the molecule is Brc1c(C2CC2)nn2c1NCCC2. The van der Waals surface area contributed by atoms with Gasteiger partial charge in [-0.25, -0.2) is 4.68 Å².